The van der Waals surface area contributed by atoms with Crippen LogP contribution in [-0.4, -0.2) is 46.9 Å². The maximum atomic E-state index is 6.08. The van der Waals surface area contributed by atoms with E-state index in [1.165, 1.54) is 0 Å². The van der Waals surface area contributed by atoms with Crippen molar-refractivity contribution >= 4 is 23.2 Å². The summed E-state index contributed by atoms with van der Waals surface area (Å²) in [4.78, 5) is 6.62. The Morgan fingerprint density at radius 3 is 3.04 bits per heavy atom. The van der Waals surface area contributed by atoms with Crippen LogP contribution >= 0.6 is 11.6 Å². The van der Waals surface area contributed by atoms with Gasteiger partial charge in [-0.1, -0.05) is 17.7 Å². The largest absolute Gasteiger partial charge is 0.369 e. The number of nitrogens with one attached hydrogen (secondary N) is 2. The number of hydrogen-bond donors (Lipinski definition) is 2. The predicted octanol–water partition coefficient (Wildman–Crippen LogP) is 1.41. The maximum absolute atomic E-state index is 6.08. The number of aromatic nitrogens is 3. The number of anilines is 1. The van der Waals surface area contributed by atoms with E-state index in [1.54, 1.807) is 13.4 Å². The van der Waals surface area contributed by atoms with Crippen molar-refractivity contribution in [2.75, 3.05) is 25.0 Å². The van der Waals surface area contributed by atoms with Gasteiger partial charge >= 0.3 is 0 Å². The van der Waals surface area contributed by atoms with Crippen LogP contribution in [0.5, 0.6) is 0 Å². The zero-order chi connectivity index (χ0) is 16.9. The minimum atomic E-state index is 0.342. The molecule has 0 bridgehead atoms. The summed E-state index contributed by atoms with van der Waals surface area (Å²) in [6.45, 7) is 2.50. The number of aryl methyl sites for hydroxylation is 1. The van der Waals surface area contributed by atoms with Crippen molar-refractivity contribution in [2.24, 2.45) is 12.0 Å². The van der Waals surface area contributed by atoms with Gasteiger partial charge < -0.3 is 20.1 Å². The molecule has 1 aliphatic rings. The molecule has 0 amide bonds. The highest BCUT2D eigenvalue weighted by molar-refractivity contribution is 6.30. The smallest absolute Gasteiger partial charge is 0.191 e. The highest BCUT2D eigenvalue weighted by Gasteiger charge is 2.23. The summed E-state index contributed by atoms with van der Waals surface area (Å²) in [5.74, 6) is 1.64. The molecule has 0 spiro atoms. The lowest BCUT2D eigenvalue weighted by Gasteiger charge is -2.20. The van der Waals surface area contributed by atoms with E-state index >= 15 is 0 Å². The second kappa shape index (κ2) is 7.53. The van der Waals surface area contributed by atoms with E-state index in [2.05, 4.69) is 36.8 Å². The minimum absolute atomic E-state index is 0.342. The summed E-state index contributed by atoms with van der Waals surface area (Å²) in [5, 5.41) is 15.5. The van der Waals surface area contributed by atoms with Crippen LogP contribution in [0.25, 0.3) is 0 Å². The molecule has 1 fully saturated rings. The summed E-state index contributed by atoms with van der Waals surface area (Å²) in [6, 6.07) is 8.32. The molecule has 0 radical (unpaired) electrons. The van der Waals surface area contributed by atoms with Gasteiger partial charge in [0.2, 0.25) is 0 Å². The molecule has 1 aromatic carbocycles. The van der Waals surface area contributed by atoms with Gasteiger partial charge in [-0.05, 0) is 24.6 Å². The maximum Gasteiger partial charge on any atom is 0.191 e. The first-order valence-corrected chi connectivity index (χ1v) is 8.34. The molecule has 8 heteroatoms. The molecule has 0 aliphatic carbocycles. The average Bonchev–Trinajstić information content (AvgIpc) is 3.20. The molecule has 1 atom stereocenters. The first kappa shape index (κ1) is 16.6. The summed E-state index contributed by atoms with van der Waals surface area (Å²) in [5.41, 5.74) is 1.16. The van der Waals surface area contributed by atoms with Gasteiger partial charge in [0, 0.05) is 43.9 Å². The average molecular weight is 348 g/mol. The Labute approximate surface area is 146 Å². The third kappa shape index (κ3) is 3.97. The minimum Gasteiger partial charge on any atom is -0.369 e. The van der Waals surface area contributed by atoms with Crippen LogP contribution in [0.1, 0.15) is 12.2 Å². The lowest BCUT2D eigenvalue weighted by molar-refractivity contribution is 0.640. The molecule has 3 rings (SSSR count). The molecule has 7 nitrogen and oxygen atoms in total. The highest BCUT2D eigenvalue weighted by atomic mass is 35.5. The van der Waals surface area contributed by atoms with Gasteiger partial charge in [0.1, 0.15) is 6.33 Å². The number of nitrogens with zero attached hydrogens (tertiary/aromatic N) is 5. The van der Waals surface area contributed by atoms with E-state index < -0.39 is 0 Å². The fraction of sp³-hybridized carbons (Fsp3) is 0.438. The molecular weight excluding hydrogens is 326 g/mol. The highest BCUT2D eigenvalue weighted by Crippen LogP contribution is 2.23. The number of rotatable bonds is 4. The Morgan fingerprint density at radius 2 is 2.33 bits per heavy atom. The molecular formula is C16H22ClN7. The van der Waals surface area contributed by atoms with Gasteiger partial charge in [0.05, 0.1) is 6.54 Å². The summed E-state index contributed by atoms with van der Waals surface area (Å²) < 4.78 is 1.89. The SMILES string of the molecule is CN=C(NCc1nncn1C)NC1CCN(c2cccc(Cl)c2)C1. The number of hydrogen-bond acceptors (Lipinski definition) is 4. The van der Waals surface area contributed by atoms with E-state index in [-0.39, 0.29) is 0 Å². The topological polar surface area (TPSA) is 70.4 Å². The Balaban J connectivity index is 1.53. The number of benzene rings is 1. The van der Waals surface area contributed by atoms with Gasteiger partial charge in [-0.15, -0.1) is 10.2 Å². The van der Waals surface area contributed by atoms with E-state index in [1.807, 2.05) is 29.8 Å². The Bertz CT molecular complexity index is 712. The molecule has 1 saturated heterocycles. The summed E-state index contributed by atoms with van der Waals surface area (Å²) in [7, 11) is 3.70. The number of guanidine groups is 1. The van der Waals surface area contributed by atoms with E-state index in [4.69, 9.17) is 11.6 Å². The second-order valence-corrected chi connectivity index (χ2v) is 6.28. The van der Waals surface area contributed by atoms with Crippen LogP contribution in [0.4, 0.5) is 5.69 Å². The fourth-order valence-electron chi connectivity index (χ4n) is 2.80. The van der Waals surface area contributed by atoms with Gasteiger partial charge in [-0.2, -0.15) is 0 Å². The van der Waals surface area contributed by atoms with Crippen molar-refractivity contribution in [3.8, 4) is 0 Å². The molecule has 1 aromatic heterocycles. The summed E-state index contributed by atoms with van der Waals surface area (Å²) in [6.07, 6.45) is 2.74. The zero-order valence-electron chi connectivity index (χ0n) is 13.9. The van der Waals surface area contributed by atoms with Crippen molar-refractivity contribution in [3.63, 3.8) is 0 Å². The molecule has 0 saturated carbocycles. The lowest BCUT2D eigenvalue weighted by atomic mass is 10.3. The quantitative estimate of drug-likeness (QED) is 0.646. The molecule has 1 unspecified atom stereocenters. The van der Waals surface area contributed by atoms with E-state index in [0.717, 1.165) is 42.0 Å². The van der Waals surface area contributed by atoms with E-state index in [9.17, 15) is 0 Å². The molecule has 1 aliphatic heterocycles. The van der Waals surface area contributed by atoms with Gasteiger partial charge in [-0.3, -0.25) is 4.99 Å². The zero-order valence-corrected chi connectivity index (χ0v) is 14.7. The van der Waals surface area contributed by atoms with Crippen LogP contribution in [0.2, 0.25) is 5.02 Å². The van der Waals surface area contributed by atoms with Crippen molar-refractivity contribution in [1.29, 1.82) is 0 Å². The number of halogens is 1. The first-order chi connectivity index (χ1) is 11.7. The van der Waals surface area contributed by atoms with Crippen molar-refractivity contribution in [1.82, 2.24) is 25.4 Å². The normalized spacial score (nSPS) is 18.0. The molecule has 128 valence electrons. The van der Waals surface area contributed by atoms with E-state index in [0.29, 0.717) is 12.6 Å². The Hall–Kier alpha value is -2.28. The lowest BCUT2D eigenvalue weighted by Crippen LogP contribution is -2.44. The van der Waals surface area contributed by atoms with Crippen LogP contribution < -0.4 is 15.5 Å². The Morgan fingerprint density at radius 1 is 1.46 bits per heavy atom. The third-order valence-electron chi connectivity index (χ3n) is 4.15. The van der Waals surface area contributed by atoms with Crippen molar-refractivity contribution in [2.45, 2.75) is 19.0 Å². The van der Waals surface area contributed by atoms with Crippen LogP contribution in [0.3, 0.4) is 0 Å². The van der Waals surface area contributed by atoms with Gasteiger partial charge in [-0.25, -0.2) is 0 Å². The summed E-state index contributed by atoms with van der Waals surface area (Å²) >= 11 is 6.08. The van der Waals surface area contributed by atoms with Crippen LogP contribution in [0, 0.1) is 0 Å². The van der Waals surface area contributed by atoms with Crippen LogP contribution in [0.15, 0.2) is 35.6 Å². The Kier molecular flexibility index (Phi) is 5.20. The standard InChI is InChI=1S/C16H22ClN7/c1-18-16(19-9-15-22-20-11-23(15)2)21-13-6-7-24(10-13)14-5-3-4-12(17)8-14/h3-5,8,11,13H,6-7,9-10H2,1-2H3,(H2,18,19,21). The molecule has 2 N–H and O–H groups in total. The molecule has 24 heavy (non-hydrogen) atoms. The monoisotopic (exact) mass is 347 g/mol. The van der Waals surface area contributed by atoms with Crippen LogP contribution in [-0.2, 0) is 13.6 Å². The first-order valence-electron chi connectivity index (χ1n) is 7.96. The predicted molar refractivity (Wildman–Crippen MR) is 96.4 cm³/mol. The second-order valence-electron chi connectivity index (χ2n) is 5.84. The third-order valence-corrected chi connectivity index (χ3v) is 4.38. The fourth-order valence-corrected chi connectivity index (χ4v) is 2.99. The van der Waals surface area contributed by atoms with Gasteiger partial charge in [0.15, 0.2) is 11.8 Å². The molecule has 2 heterocycles. The number of aliphatic imine (C=N–C) groups is 1. The van der Waals surface area contributed by atoms with Crippen molar-refractivity contribution < 1.29 is 0 Å². The van der Waals surface area contributed by atoms with Crippen molar-refractivity contribution in [3.05, 3.63) is 41.4 Å². The van der Waals surface area contributed by atoms with Gasteiger partial charge in [0.25, 0.3) is 0 Å². The molecule has 2 aromatic rings.